The monoisotopic (exact) mass is 1190 g/mol. The highest BCUT2D eigenvalue weighted by molar-refractivity contribution is 5.76. The lowest BCUT2D eigenvalue weighted by Crippen LogP contribution is -2.45. The van der Waals surface area contributed by atoms with Crippen molar-refractivity contribution in [2.75, 3.05) is 13.2 Å². The van der Waals surface area contributed by atoms with Crippen molar-refractivity contribution >= 4 is 11.9 Å². The number of ether oxygens (including phenoxy) is 1. The molecule has 0 saturated carbocycles. The van der Waals surface area contributed by atoms with E-state index in [2.05, 4.69) is 55.6 Å². The first kappa shape index (κ1) is 82.8. The fourth-order valence-corrected chi connectivity index (χ4v) is 12.0. The van der Waals surface area contributed by atoms with Crippen LogP contribution in [-0.2, 0) is 14.3 Å². The molecule has 85 heavy (non-hydrogen) atoms. The van der Waals surface area contributed by atoms with E-state index in [1.807, 2.05) is 6.08 Å². The maximum absolute atomic E-state index is 12.5. The van der Waals surface area contributed by atoms with Crippen molar-refractivity contribution in [3.05, 3.63) is 48.6 Å². The number of hydrogen-bond acceptors (Lipinski definition) is 5. The fourth-order valence-electron chi connectivity index (χ4n) is 12.0. The topological polar surface area (TPSA) is 95.9 Å². The lowest BCUT2D eigenvalue weighted by Gasteiger charge is -2.20. The molecule has 0 saturated heterocycles. The van der Waals surface area contributed by atoms with Crippen LogP contribution in [0.25, 0.3) is 0 Å². The second-order valence-electron chi connectivity index (χ2n) is 26.3. The summed E-state index contributed by atoms with van der Waals surface area (Å²) in [4.78, 5) is 24.6. The molecule has 6 heteroatoms. The van der Waals surface area contributed by atoms with Crippen LogP contribution in [0.15, 0.2) is 48.6 Å². The number of allylic oxidation sites excluding steroid dienone is 7. The minimum absolute atomic E-state index is 0.00369. The minimum atomic E-state index is -0.845. The molecule has 6 nitrogen and oxygen atoms in total. The van der Waals surface area contributed by atoms with E-state index in [0.717, 1.165) is 51.4 Å². The molecule has 2 atom stereocenters. The van der Waals surface area contributed by atoms with Gasteiger partial charge in [-0.3, -0.25) is 9.59 Å². The number of aliphatic hydroxyl groups is 2. The van der Waals surface area contributed by atoms with E-state index in [0.29, 0.717) is 19.4 Å². The number of amides is 1. The Labute approximate surface area is 531 Å². The number of hydrogen-bond donors (Lipinski definition) is 3. The number of carbonyl (C=O) groups excluding carboxylic acids is 2. The summed E-state index contributed by atoms with van der Waals surface area (Å²) in [5.74, 6) is -0.0582. The molecule has 2 unspecified atom stereocenters. The Morgan fingerprint density at radius 3 is 0.929 bits per heavy atom. The van der Waals surface area contributed by atoms with Crippen LogP contribution in [0.3, 0.4) is 0 Å². The smallest absolute Gasteiger partial charge is 0.305 e. The van der Waals surface area contributed by atoms with Gasteiger partial charge in [0.15, 0.2) is 0 Å². The van der Waals surface area contributed by atoms with E-state index >= 15 is 0 Å². The van der Waals surface area contributed by atoms with Crippen molar-refractivity contribution in [2.45, 2.75) is 431 Å². The van der Waals surface area contributed by atoms with Crippen molar-refractivity contribution in [3.63, 3.8) is 0 Å². The molecular formula is C79H149NO5. The van der Waals surface area contributed by atoms with Crippen LogP contribution < -0.4 is 5.32 Å². The van der Waals surface area contributed by atoms with Crippen LogP contribution in [0, 0.1) is 0 Å². The van der Waals surface area contributed by atoms with E-state index in [1.165, 1.54) is 340 Å². The first-order chi connectivity index (χ1) is 42.0. The van der Waals surface area contributed by atoms with Crippen LogP contribution in [-0.4, -0.2) is 47.4 Å². The van der Waals surface area contributed by atoms with Crippen molar-refractivity contribution in [1.82, 2.24) is 5.32 Å². The molecule has 0 rings (SSSR count). The molecule has 0 aliphatic rings. The Morgan fingerprint density at radius 2 is 0.588 bits per heavy atom. The van der Waals surface area contributed by atoms with Gasteiger partial charge in [0.25, 0.3) is 0 Å². The van der Waals surface area contributed by atoms with Crippen LogP contribution in [0.4, 0.5) is 0 Å². The molecule has 0 fully saturated rings. The van der Waals surface area contributed by atoms with Crippen LogP contribution in [0.2, 0.25) is 0 Å². The first-order valence-electron chi connectivity index (χ1n) is 38.4. The van der Waals surface area contributed by atoms with Crippen molar-refractivity contribution in [1.29, 1.82) is 0 Å². The minimum Gasteiger partial charge on any atom is -0.466 e. The van der Waals surface area contributed by atoms with Gasteiger partial charge in [-0.1, -0.05) is 364 Å². The Hall–Kier alpha value is -2.18. The first-order valence-corrected chi connectivity index (χ1v) is 38.4. The van der Waals surface area contributed by atoms with E-state index < -0.39 is 12.1 Å². The standard InChI is InChI=1S/C79H149NO5/c1-3-5-7-9-11-13-15-17-19-20-21-22-34-37-40-44-47-51-55-59-63-67-71-77(82)76(75-81)80-78(83)72-68-64-60-56-52-48-45-41-38-35-32-30-28-26-24-23-25-27-29-31-33-36-39-42-46-50-54-58-62-66-70-74-85-79(84)73-69-65-61-57-53-49-43-18-16-14-12-10-8-6-4-2/h12,14,18,25,27,43,67,71,76-77,81-82H,3-11,13,15-17,19-24,26,28-42,44-66,68-70,72-75H2,1-2H3,(H,80,83)/b14-12-,27-25-,43-18-,71-67+. The summed E-state index contributed by atoms with van der Waals surface area (Å²) < 4.78 is 5.49. The van der Waals surface area contributed by atoms with E-state index in [1.54, 1.807) is 6.08 Å². The summed E-state index contributed by atoms with van der Waals surface area (Å²) in [7, 11) is 0. The van der Waals surface area contributed by atoms with Gasteiger partial charge in [-0.15, -0.1) is 0 Å². The largest absolute Gasteiger partial charge is 0.466 e. The number of nitrogens with one attached hydrogen (secondary N) is 1. The van der Waals surface area contributed by atoms with Gasteiger partial charge < -0.3 is 20.3 Å². The van der Waals surface area contributed by atoms with Crippen molar-refractivity contribution < 1.29 is 24.5 Å². The number of aliphatic hydroxyl groups excluding tert-OH is 2. The molecule has 0 aromatic rings. The predicted molar refractivity (Wildman–Crippen MR) is 375 cm³/mol. The third kappa shape index (κ3) is 70.8. The molecular weight excluding hydrogens is 1040 g/mol. The van der Waals surface area contributed by atoms with Crippen LogP contribution in [0.5, 0.6) is 0 Å². The molecule has 0 aromatic heterocycles. The van der Waals surface area contributed by atoms with Gasteiger partial charge in [-0.25, -0.2) is 0 Å². The van der Waals surface area contributed by atoms with Crippen molar-refractivity contribution in [3.8, 4) is 0 Å². The molecule has 0 bridgehead atoms. The number of esters is 1. The average Bonchev–Trinajstić information content (AvgIpc) is 3.51. The van der Waals surface area contributed by atoms with Gasteiger partial charge >= 0.3 is 5.97 Å². The lowest BCUT2D eigenvalue weighted by atomic mass is 10.0. The third-order valence-corrected chi connectivity index (χ3v) is 17.8. The van der Waals surface area contributed by atoms with Gasteiger partial charge in [-0.05, 0) is 89.9 Å². The Kier molecular flexibility index (Phi) is 72.4. The van der Waals surface area contributed by atoms with Gasteiger partial charge in [-0.2, -0.15) is 0 Å². The fraction of sp³-hybridized carbons (Fsp3) is 0.873. The maximum atomic E-state index is 12.5. The molecule has 1 amide bonds. The number of unbranched alkanes of at least 4 members (excludes halogenated alkanes) is 55. The van der Waals surface area contributed by atoms with Gasteiger partial charge in [0.1, 0.15) is 0 Å². The Balaban J connectivity index is 3.39. The highest BCUT2D eigenvalue weighted by Gasteiger charge is 2.18. The lowest BCUT2D eigenvalue weighted by molar-refractivity contribution is -0.143. The number of rotatable bonds is 72. The van der Waals surface area contributed by atoms with Crippen molar-refractivity contribution in [2.24, 2.45) is 0 Å². The Bertz CT molecular complexity index is 1420. The Morgan fingerprint density at radius 1 is 0.329 bits per heavy atom. The van der Waals surface area contributed by atoms with E-state index in [-0.39, 0.29) is 18.5 Å². The average molecular weight is 1190 g/mol. The summed E-state index contributed by atoms with van der Waals surface area (Å²) >= 11 is 0. The quantitative estimate of drug-likeness (QED) is 0.0320. The number of carbonyl (C=O) groups is 2. The molecule has 0 aliphatic carbocycles. The van der Waals surface area contributed by atoms with Gasteiger partial charge in [0, 0.05) is 12.8 Å². The zero-order valence-electron chi connectivity index (χ0n) is 57.4. The molecule has 0 aromatic carbocycles. The molecule has 0 spiro atoms. The normalized spacial score (nSPS) is 12.8. The summed E-state index contributed by atoms with van der Waals surface area (Å²) in [6, 6.07) is -0.628. The second-order valence-corrected chi connectivity index (χ2v) is 26.3. The zero-order chi connectivity index (χ0) is 61.3. The molecule has 0 aliphatic heterocycles. The molecule has 500 valence electrons. The van der Waals surface area contributed by atoms with Crippen LogP contribution >= 0.6 is 0 Å². The van der Waals surface area contributed by atoms with Gasteiger partial charge in [0.05, 0.1) is 25.4 Å². The summed E-state index contributed by atoms with van der Waals surface area (Å²) in [5, 5.41) is 23.3. The third-order valence-electron chi connectivity index (χ3n) is 17.8. The zero-order valence-corrected chi connectivity index (χ0v) is 57.4. The maximum Gasteiger partial charge on any atom is 0.305 e. The van der Waals surface area contributed by atoms with Gasteiger partial charge in [0.2, 0.25) is 5.91 Å². The van der Waals surface area contributed by atoms with Crippen LogP contribution in [0.1, 0.15) is 418 Å². The summed E-state index contributed by atoms with van der Waals surface area (Å²) in [5.41, 5.74) is 0. The highest BCUT2D eigenvalue weighted by atomic mass is 16.5. The highest BCUT2D eigenvalue weighted by Crippen LogP contribution is 2.19. The molecule has 3 N–H and O–H groups in total. The second kappa shape index (κ2) is 74.3. The van der Waals surface area contributed by atoms with E-state index in [4.69, 9.17) is 4.74 Å². The molecule has 0 heterocycles. The predicted octanol–water partition coefficient (Wildman–Crippen LogP) is 25.2. The summed E-state index contributed by atoms with van der Waals surface area (Å²) in [6.07, 6.45) is 97.9. The SMILES string of the molecule is CCCCC/C=C\C/C=C\CCCCCCCC(=O)OCCCCCCCCCCCCCC/C=C\CCCCCCCCCCCCCCCCCC(=O)NC(CO)C(O)/C=C/CCCCCCCCCCCCCCCCCCCCCC. The molecule has 0 radical (unpaired) electrons. The van der Waals surface area contributed by atoms with E-state index in [9.17, 15) is 19.8 Å². The summed E-state index contributed by atoms with van der Waals surface area (Å²) in [6.45, 7) is 4.91.